The van der Waals surface area contributed by atoms with Crippen molar-refractivity contribution in [2.24, 2.45) is 0 Å². The van der Waals surface area contributed by atoms with Crippen LogP contribution in [-0.2, 0) is 5.41 Å². The first-order chi connectivity index (χ1) is 25.5. The maximum atomic E-state index is 5.29. The van der Waals surface area contributed by atoms with Gasteiger partial charge < -0.3 is 0 Å². The number of hydrogen-bond donors (Lipinski definition) is 0. The molecule has 0 fully saturated rings. The van der Waals surface area contributed by atoms with E-state index in [4.69, 9.17) is 9.97 Å². The molecule has 0 N–H and O–H groups in total. The first kappa shape index (κ1) is 29.6. The molecule has 1 aliphatic carbocycles. The number of fused-ring (bicyclic) bond motifs is 12. The molecule has 0 saturated carbocycles. The van der Waals surface area contributed by atoms with Gasteiger partial charge in [0.25, 0.3) is 0 Å². The summed E-state index contributed by atoms with van der Waals surface area (Å²) >= 11 is 1.88. The van der Waals surface area contributed by atoms with Gasteiger partial charge in [0.2, 0.25) is 0 Å². The quantitative estimate of drug-likeness (QED) is 0.174. The fourth-order valence-corrected chi connectivity index (χ4v) is 9.89. The van der Waals surface area contributed by atoms with Gasteiger partial charge in [-0.25, -0.2) is 4.98 Å². The maximum Gasteiger partial charge on any atom is 0.0979 e. The van der Waals surface area contributed by atoms with E-state index < -0.39 is 0 Å². The summed E-state index contributed by atoms with van der Waals surface area (Å²) in [6.45, 7) is 4.71. The second kappa shape index (κ2) is 10.9. The molecule has 0 unspecified atom stereocenters. The monoisotopic (exact) mass is 680 g/mol. The number of aromatic nitrogens is 2. The summed E-state index contributed by atoms with van der Waals surface area (Å²) in [6.07, 6.45) is 1.95. The lowest BCUT2D eigenvalue weighted by Gasteiger charge is -2.22. The normalized spacial score (nSPS) is 13.3. The molecular weight excluding hydrogens is 649 g/mol. The third-order valence-electron chi connectivity index (χ3n) is 11.3. The molecule has 8 aromatic carbocycles. The number of rotatable bonds is 3. The van der Waals surface area contributed by atoms with E-state index in [1.807, 2.05) is 17.5 Å². The molecule has 0 aliphatic heterocycles. The van der Waals surface area contributed by atoms with E-state index in [0.717, 1.165) is 33.1 Å². The highest BCUT2D eigenvalue weighted by molar-refractivity contribution is 7.26. The minimum Gasteiger partial charge on any atom is -0.252 e. The topological polar surface area (TPSA) is 25.8 Å². The van der Waals surface area contributed by atoms with Crippen LogP contribution in [0.3, 0.4) is 0 Å². The SMILES string of the molecule is CC1(C)c2cc(-c3ccc(-c4cccc5c4sc4ccccc45)cc3)ccc2-c2ccc(-c3cnc4c5ccccc5c5ccccc5c4n3)cc21. The molecule has 2 aromatic heterocycles. The van der Waals surface area contributed by atoms with E-state index in [-0.39, 0.29) is 5.41 Å². The van der Waals surface area contributed by atoms with E-state index in [2.05, 4.69) is 166 Å². The predicted octanol–water partition coefficient (Wildman–Crippen LogP) is 13.6. The van der Waals surface area contributed by atoms with Gasteiger partial charge in [0.1, 0.15) is 0 Å². The molecule has 0 spiro atoms. The number of hydrogen-bond acceptors (Lipinski definition) is 3. The van der Waals surface area contributed by atoms with Crippen molar-refractivity contribution in [2.75, 3.05) is 0 Å². The van der Waals surface area contributed by atoms with Crippen LogP contribution in [-0.4, -0.2) is 9.97 Å². The molecule has 1 aliphatic rings. The fraction of sp³-hybridized carbons (Fsp3) is 0.0612. The van der Waals surface area contributed by atoms with Gasteiger partial charge in [-0.3, -0.25) is 4.98 Å². The van der Waals surface area contributed by atoms with Gasteiger partial charge in [0.15, 0.2) is 0 Å². The summed E-state index contributed by atoms with van der Waals surface area (Å²) in [5.41, 5.74) is 14.0. The van der Waals surface area contributed by atoms with Crippen LogP contribution in [0.5, 0.6) is 0 Å². The molecular formula is C49H32N2S. The highest BCUT2D eigenvalue weighted by atomic mass is 32.1. The lowest BCUT2D eigenvalue weighted by Crippen LogP contribution is -2.15. The molecule has 0 amide bonds. The van der Waals surface area contributed by atoms with E-state index in [9.17, 15) is 0 Å². The van der Waals surface area contributed by atoms with Gasteiger partial charge in [-0.05, 0) is 73.5 Å². The van der Waals surface area contributed by atoms with Crippen LogP contribution in [0.25, 0.3) is 97.4 Å². The summed E-state index contributed by atoms with van der Waals surface area (Å²) in [5.74, 6) is 0. The Kier molecular flexibility index (Phi) is 6.21. The fourth-order valence-electron chi connectivity index (χ4n) is 8.66. The lowest BCUT2D eigenvalue weighted by atomic mass is 9.81. The van der Waals surface area contributed by atoms with Crippen LogP contribution in [0.2, 0.25) is 0 Å². The molecule has 0 radical (unpaired) electrons. The lowest BCUT2D eigenvalue weighted by molar-refractivity contribution is 0.661. The first-order valence-corrected chi connectivity index (χ1v) is 18.7. The third kappa shape index (κ3) is 4.23. The first-order valence-electron chi connectivity index (χ1n) is 17.9. The average Bonchev–Trinajstić information content (AvgIpc) is 3.69. The number of thiophene rings is 1. The number of nitrogens with zero attached hydrogens (tertiary/aromatic N) is 2. The summed E-state index contributed by atoms with van der Waals surface area (Å²) < 4.78 is 2.69. The zero-order valence-electron chi connectivity index (χ0n) is 28.8. The Bertz CT molecular complexity index is 3060. The summed E-state index contributed by atoms with van der Waals surface area (Å²) in [6, 6.07) is 55.5. The predicted molar refractivity (Wildman–Crippen MR) is 221 cm³/mol. The van der Waals surface area contributed by atoms with Crippen molar-refractivity contribution in [3.05, 3.63) is 169 Å². The van der Waals surface area contributed by atoms with Gasteiger partial charge in [0, 0.05) is 41.9 Å². The van der Waals surface area contributed by atoms with E-state index in [0.29, 0.717) is 0 Å². The molecule has 3 heteroatoms. The zero-order valence-corrected chi connectivity index (χ0v) is 29.6. The van der Waals surface area contributed by atoms with Crippen molar-refractivity contribution in [3.63, 3.8) is 0 Å². The van der Waals surface area contributed by atoms with Crippen molar-refractivity contribution < 1.29 is 0 Å². The Morgan fingerprint density at radius 3 is 1.73 bits per heavy atom. The van der Waals surface area contributed by atoms with Crippen molar-refractivity contribution in [2.45, 2.75) is 19.3 Å². The zero-order chi connectivity index (χ0) is 34.6. The van der Waals surface area contributed by atoms with Crippen LogP contribution in [0.15, 0.2) is 158 Å². The Morgan fingerprint density at radius 2 is 1.00 bits per heavy atom. The van der Waals surface area contributed by atoms with Gasteiger partial charge in [0.05, 0.1) is 22.9 Å². The van der Waals surface area contributed by atoms with Crippen LogP contribution < -0.4 is 0 Å². The highest BCUT2D eigenvalue weighted by Gasteiger charge is 2.36. The standard InChI is InChI=1S/C49H32N2S/c1-49(2)42-26-31(29-18-20-30(21-19-29)33-15-9-16-41-38-12-7-8-17-45(38)52-48(33)41)22-24-36(42)37-25-23-32(27-43(37)49)44-28-50-46-39-13-5-3-10-34(39)35-11-4-6-14-40(35)47(46)51-44/h3-28H,1-2H3. The summed E-state index contributed by atoms with van der Waals surface area (Å²) in [4.78, 5) is 10.3. The van der Waals surface area contributed by atoms with Crippen molar-refractivity contribution >= 4 is 64.1 Å². The molecule has 10 aromatic rings. The molecule has 2 nitrogen and oxygen atoms in total. The van der Waals surface area contributed by atoms with E-state index in [1.54, 1.807) is 0 Å². The molecule has 2 heterocycles. The van der Waals surface area contributed by atoms with Crippen LogP contribution >= 0.6 is 11.3 Å². The van der Waals surface area contributed by atoms with Gasteiger partial charge in [-0.1, -0.05) is 147 Å². The molecule has 0 saturated heterocycles. The van der Waals surface area contributed by atoms with E-state index >= 15 is 0 Å². The second-order valence-electron chi connectivity index (χ2n) is 14.5. The van der Waals surface area contributed by atoms with Crippen molar-refractivity contribution in [1.29, 1.82) is 0 Å². The van der Waals surface area contributed by atoms with Crippen LogP contribution in [0, 0.1) is 0 Å². The molecule has 0 bridgehead atoms. The Hall–Kier alpha value is -6.16. The second-order valence-corrected chi connectivity index (χ2v) is 15.6. The summed E-state index contributed by atoms with van der Waals surface area (Å²) in [7, 11) is 0. The minimum absolute atomic E-state index is 0.166. The Balaban J connectivity index is 0.957. The molecule has 244 valence electrons. The Labute approximate surface area is 305 Å². The van der Waals surface area contributed by atoms with Crippen LogP contribution in [0.1, 0.15) is 25.0 Å². The van der Waals surface area contributed by atoms with Gasteiger partial charge >= 0.3 is 0 Å². The van der Waals surface area contributed by atoms with Crippen LogP contribution in [0.4, 0.5) is 0 Å². The van der Waals surface area contributed by atoms with Gasteiger partial charge in [-0.15, -0.1) is 11.3 Å². The van der Waals surface area contributed by atoms with Crippen molar-refractivity contribution in [3.8, 4) is 44.6 Å². The number of benzene rings is 8. The summed E-state index contributed by atoms with van der Waals surface area (Å²) in [5, 5.41) is 7.37. The highest BCUT2D eigenvalue weighted by Crippen LogP contribution is 2.51. The van der Waals surface area contributed by atoms with Gasteiger partial charge in [-0.2, -0.15) is 0 Å². The van der Waals surface area contributed by atoms with Crippen molar-refractivity contribution in [1.82, 2.24) is 9.97 Å². The molecule has 0 atom stereocenters. The maximum absolute atomic E-state index is 5.29. The average molecular weight is 681 g/mol. The molecule has 11 rings (SSSR count). The largest absolute Gasteiger partial charge is 0.252 e. The molecule has 52 heavy (non-hydrogen) atoms. The minimum atomic E-state index is -0.166. The Morgan fingerprint density at radius 1 is 0.442 bits per heavy atom. The third-order valence-corrected chi connectivity index (χ3v) is 12.6. The smallest absolute Gasteiger partial charge is 0.0979 e. The van der Waals surface area contributed by atoms with E-state index in [1.165, 1.54) is 75.5 Å².